The Balaban J connectivity index is 0.000000185. The van der Waals surface area contributed by atoms with Crippen molar-refractivity contribution in [3.05, 3.63) is 54.1 Å². The third kappa shape index (κ3) is 4.82. The number of nitriles is 1. The first-order valence-corrected chi connectivity index (χ1v) is 6.81. The van der Waals surface area contributed by atoms with Crippen molar-refractivity contribution in [1.29, 1.82) is 5.26 Å². The maximum Gasteiger partial charge on any atom is 0.204 e. The lowest BCUT2D eigenvalue weighted by atomic mass is 10.2. The first kappa shape index (κ1) is 16.0. The van der Waals surface area contributed by atoms with Gasteiger partial charge in [0.05, 0.1) is 22.5 Å². The number of nitrogens with one attached hydrogen (secondary N) is 1. The van der Waals surface area contributed by atoms with Gasteiger partial charge in [0.2, 0.25) is 5.82 Å². The SMILES string of the molecule is N#Cc1cccc(N)c1.S=C=Nc1cccc(-c2nn[nH]n2)c1. The quantitative estimate of drug-likeness (QED) is 0.426. The van der Waals surface area contributed by atoms with Crippen LogP contribution in [0.3, 0.4) is 0 Å². The van der Waals surface area contributed by atoms with Crippen LogP contribution in [0.5, 0.6) is 0 Å². The first-order valence-electron chi connectivity index (χ1n) is 6.40. The van der Waals surface area contributed by atoms with Crippen LogP contribution in [0.2, 0.25) is 0 Å². The molecule has 1 heterocycles. The van der Waals surface area contributed by atoms with Gasteiger partial charge < -0.3 is 5.73 Å². The lowest BCUT2D eigenvalue weighted by molar-refractivity contribution is 0.881. The van der Waals surface area contributed by atoms with Gasteiger partial charge >= 0.3 is 0 Å². The van der Waals surface area contributed by atoms with Gasteiger partial charge in [0.15, 0.2) is 0 Å². The van der Waals surface area contributed by atoms with Gasteiger partial charge in [-0.25, -0.2) is 0 Å². The fourth-order valence-corrected chi connectivity index (χ4v) is 1.76. The molecule has 0 unspecified atom stereocenters. The van der Waals surface area contributed by atoms with Gasteiger partial charge in [0.1, 0.15) is 0 Å². The van der Waals surface area contributed by atoms with Crippen molar-refractivity contribution in [3.63, 3.8) is 0 Å². The molecular weight excluding hydrogens is 310 g/mol. The number of anilines is 1. The summed E-state index contributed by atoms with van der Waals surface area (Å²) >= 11 is 4.51. The Morgan fingerprint density at radius 2 is 2.00 bits per heavy atom. The zero-order valence-corrected chi connectivity index (χ0v) is 12.7. The minimum absolute atomic E-state index is 0.534. The summed E-state index contributed by atoms with van der Waals surface area (Å²) in [4.78, 5) is 3.86. The molecule has 7 nitrogen and oxygen atoms in total. The van der Waals surface area contributed by atoms with E-state index in [2.05, 4.69) is 43.0 Å². The molecular formula is C15H11N7S. The molecule has 0 atom stereocenters. The van der Waals surface area contributed by atoms with Crippen molar-refractivity contribution in [3.8, 4) is 17.5 Å². The molecule has 3 rings (SSSR count). The number of aromatic nitrogens is 4. The highest BCUT2D eigenvalue weighted by atomic mass is 32.1. The molecule has 3 aromatic rings. The van der Waals surface area contributed by atoms with Crippen molar-refractivity contribution in [1.82, 2.24) is 20.6 Å². The van der Waals surface area contributed by atoms with Crippen molar-refractivity contribution in [2.24, 2.45) is 4.99 Å². The summed E-state index contributed by atoms with van der Waals surface area (Å²) in [5, 5.41) is 24.2. The van der Waals surface area contributed by atoms with Crippen LogP contribution in [0.1, 0.15) is 5.56 Å². The third-order valence-electron chi connectivity index (χ3n) is 2.64. The molecule has 3 N–H and O–H groups in total. The summed E-state index contributed by atoms with van der Waals surface area (Å²) in [6, 6.07) is 16.2. The zero-order chi connectivity index (χ0) is 16.5. The topological polar surface area (TPSA) is 117 Å². The Kier molecular flexibility index (Phi) is 5.66. The summed E-state index contributed by atoms with van der Waals surface area (Å²) in [6.07, 6.45) is 0. The highest BCUT2D eigenvalue weighted by molar-refractivity contribution is 7.78. The number of tetrazole rings is 1. The van der Waals surface area contributed by atoms with Crippen molar-refractivity contribution < 1.29 is 0 Å². The predicted octanol–water partition coefficient (Wildman–Crippen LogP) is 2.74. The molecule has 8 heteroatoms. The average Bonchev–Trinajstić information content (AvgIpc) is 3.11. The molecule has 0 aliphatic carbocycles. The number of nitrogens with zero attached hydrogens (tertiary/aromatic N) is 5. The highest BCUT2D eigenvalue weighted by Gasteiger charge is 2.02. The van der Waals surface area contributed by atoms with E-state index in [1.54, 1.807) is 24.3 Å². The second-order valence-corrected chi connectivity index (χ2v) is 4.41. The minimum Gasteiger partial charge on any atom is -0.399 e. The molecule has 0 saturated heterocycles. The lowest BCUT2D eigenvalue weighted by Crippen LogP contribution is -1.83. The average molecular weight is 321 g/mol. The Bertz CT molecular complexity index is 862. The van der Waals surface area contributed by atoms with E-state index in [0.717, 1.165) is 11.3 Å². The molecule has 0 aliphatic rings. The monoisotopic (exact) mass is 321 g/mol. The zero-order valence-electron chi connectivity index (χ0n) is 11.8. The number of nitrogens with two attached hydrogens (primary N) is 1. The maximum absolute atomic E-state index is 8.36. The van der Waals surface area contributed by atoms with Gasteiger partial charge in [0, 0.05) is 11.3 Å². The molecule has 0 bridgehead atoms. The Hall–Kier alpha value is -3.40. The van der Waals surface area contributed by atoms with Crippen LogP contribution >= 0.6 is 12.2 Å². The number of benzene rings is 2. The Labute approximate surface area is 137 Å². The molecule has 2 aromatic carbocycles. The molecule has 0 fully saturated rings. The summed E-state index contributed by atoms with van der Waals surface area (Å²) in [5.74, 6) is 0.534. The summed E-state index contributed by atoms with van der Waals surface area (Å²) < 4.78 is 0. The normalized spacial score (nSPS) is 9.00. The molecule has 0 spiro atoms. The van der Waals surface area contributed by atoms with Crippen molar-refractivity contribution in [2.45, 2.75) is 0 Å². The van der Waals surface area contributed by atoms with Gasteiger partial charge in [-0.1, -0.05) is 18.2 Å². The van der Waals surface area contributed by atoms with Crippen LogP contribution < -0.4 is 5.73 Å². The van der Waals surface area contributed by atoms with Crippen LogP contribution in [-0.2, 0) is 0 Å². The van der Waals surface area contributed by atoms with E-state index in [9.17, 15) is 0 Å². The van der Waals surface area contributed by atoms with E-state index in [-0.39, 0.29) is 0 Å². The first-order chi connectivity index (χ1) is 11.2. The van der Waals surface area contributed by atoms with E-state index < -0.39 is 0 Å². The number of thiocarbonyl (C=S) groups is 1. The Morgan fingerprint density at radius 3 is 2.61 bits per heavy atom. The number of hydrogen-bond donors (Lipinski definition) is 2. The second kappa shape index (κ2) is 8.14. The smallest absolute Gasteiger partial charge is 0.204 e. The van der Waals surface area contributed by atoms with E-state index in [1.807, 2.05) is 30.3 Å². The second-order valence-electron chi connectivity index (χ2n) is 4.23. The minimum atomic E-state index is 0.534. The van der Waals surface area contributed by atoms with Crippen molar-refractivity contribution >= 4 is 28.8 Å². The number of rotatable bonds is 2. The van der Waals surface area contributed by atoms with Gasteiger partial charge in [-0.3, -0.25) is 0 Å². The lowest BCUT2D eigenvalue weighted by Gasteiger charge is -1.94. The summed E-state index contributed by atoms with van der Waals surface area (Å²) in [6.45, 7) is 0. The van der Waals surface area contributed by atoms with E-state index in [4.69, 9.17) is 11.0 Å². The molecule has 0 saturated carbocycles. The van der Waals surface area contributed by atoms with Crippen LogP contribution in [0, 0.1) is 11.3 Å². The number of aliphatic imine (C=N–C) groups is 1. The number of hydrogen-bond acceptors (Lipinski definition) is 7. The summed E-state index contributed by atoms with van der Waals surface area (Å²) in [5.41, 5.74) is 8.19. The third-order valence-corrected chi connectivity index (χ3v) is 2.73. The van der Waals surface area contributed by atoms with Crippen LogP contribution in [-0.4, -0.2) is 25.8 Å². The molecule has 0 radical (unpaired) electrons. The standard InChI is InChI=1S/C8H5N5S.C7H6N2/c14-5-9-7-3-1-2-6(4-7)8-10-12-13-11-8;8-5-6-2-1-3-7(9)4-6/h1-4H,(H,10,11,12,13);1-4H,9H2. The predicted molar refractivity (Wildman–Crippen MR) is 89.9 cm³/mol. The van der Waals surface area contributed by atoms with Gasteiger partial charge in [-0.15, -0.1) is 10.2 Å². The number of aromatic amines is 1. The number of isothiocyanates is 1. The molecule has 23 heavy (non-hydrogen) atoms. The molecule has 112 valence electrons. The van der Waals surface area contributed by atoms with Crippen LogP contribution in [0.4, 0.5) is 11.4 Å². The van der Waals surface area contributed by atoms with Crippen LogP contribution in [0.15, 0.2) is 53.5 Å². The largest absolute Gasteiger partial charge is 0.399 e. The highest BCUT2D eigenvalue weighted by Crippen LogP contribution is 2.19. The van der Waals surface area contributed by atoms with Gasteiger partial charge in [-0.2, -0.15) is 15.5 Å². The number of nitrogen functional groups attached to an aromatic ring is 1. The van der Waals surface area contributed by atoms with Gasteiger partial charge in [0.25, 0.3) is 0 Å². The van der Waals surface area contributed by atoms with Crippen LogP contribution in [0.25, 0.3) is 11.4 Å². The fraction of sp³-hybridized carbons (Fsp3) is 0. The van der Waals surface area contributed by atoms with Gasteiger partial charge in [-0.05, 0) is 47.8 Å². The fourth-order valence-electron chi connectivity index (χ4n) is 1.66. The van der Waals surface area contributed by atoms with E-state index in [0.29, 0.717) is 17.1 Å². The van der Waals surface area contributed by atoms with E-state index >= 15 is 0 Å². The molecule has 1 aromatic heterocycles. The summed E-state index contributed by atoms with van der Waals surface area (Å²) in [7, 11) is 0. The van der Waals surface area contributed by atoms with Crippen molar-refractivity contribution in [2.75, 3.05) is 5.73 Å². The Morgan fingerprint density at radius 1 is 1.17 bits per heavy atom. The maximum atomic E-state index is 8.36. The van der Waals surface area contributed by atoms with E-state index in [1.165, 1.54) is 0 Å². The molecule has 0 amide bonds. The number of H-pyrrole nitrogens is 1. The molecule has 0 aliphatic heterocycles.